The number of Topliss-reactive ketones (excluding diaryl/α,β-unsaturated/α-hetero) is 1. The minimum atomic E-state index is -0.963. The van der Waals surface area contributed by atoms with E-state index in [1.165, 1.54) is 23.7 Å². The number of hydrogen-bond acceptors (Lipinski definition) is 6. The van der Waals surface area contributed by atoms with Crippen LogP contribution in [-0.4, -0.2) is 33.2 Å². The van der Waals surface area contributed by atoms with Crippen LogP contribution in [0.1, 0.15) is 46.5 Å². The van der Waals surface area contributed by atoms with Gasteiger partial charge in [-0.1, -0.05) is 5.16 Å². The third kappa shape index (κ3) is 4.19. The Hall–Kier alpha value is -3.87. The van der Waals surface area contributed by atoms with Gasteiger partial charge in [-0.25, -0.2) is 8.78 Å². The number of halogens is 2. The van der Waals surface area contributed by atoms with Crippen molar-refractivity contribution in [3.05, 3.63) is 59.1 Å². The second-order valence-electron chi connectivity index (χ2n) is 6.30. The number of benzene rings is 1. The molecule has 0 fully saturated rings. The summed E-state index contributed by atoms with van der Waals surface area (Å²) >= 11 is 0. The summed E-state index contributed by atoms with van der Waals surface area (Å²) in [6.07, 6.45) is 1.60. The first kappa shape index (κ1) is 19.9. The monoisotopic (exact) mass is 399 g/mol. The highest BCUT2D eigenvalue weighted by Crippen LogP contribution is 2.23. The Morgan fingerprint density at radius 1 is 1.31 bits per heavy atom. The van der Waals surface area contributed by atoms with Gasteiger partial charge in [-0.3, -0.25) is 14.3 Å². The van der Waals surface area contributed by atoms with Gasteiger partial charge in [0.2, 0.25) is 5.76 Å². The molecule has 2 aromatic heterocycles. The molecule has 0 spiro atoms. The van der Waals surface area contributed by atoms with Crippen molar-refractivity contribution >= 4 is 11.7 Å². The second kappa shape index (κ2) is 8.02. The number of carbonyl (C=O) groups excluding carboxylic acids is 2. The van der Waals surface area contributed by atoms with Crippen molar-refractivity contribution in [2.45, 2.75) is 19.9 Å². The van der Waals surface area contributed by atoms with Crippen molar-refractivity contribution in [3.63, 3.8) is 0 Å². The largest absolute Gasteiger partial charge is 0.352 e. The normalized spacial score (nSPS) is 11.7. The standard InChI is InChI=1S/C19H15F2N5O3/c1-10(9-23-19(28)17-7-18(11(2)27)29-25-17)26-4-3-16(24-26)12-5-14(20)13(8-22)15(21)6-12/h3-7,10H,9H2,1-2H3,(H,23,28)/t10-/m1/s1. The van der Waals surface area contributed by atoms with E-state index in [-0.39, 0.29) is 35.4 Å². The van der Waals surface area contributed by atoms with Crippen molar-refractivity contribution in [1.29, 1.82) is 5.26 Å². The molecule has 2 heterocycles. The van der Waals surface area contributed by atoms with Gasteiger partial charge in [-0.2, -0.15) is 10.4 Å². The first-order valence-corrected chi connectivity index (χ1v) is 8.50. The van der Waals surface area contributed by atoms with Gasteiger partial charge in [-0.15, -0.1) is 0 Å². The molecule has 1 amide bonds. The van der Waals surface area contributed by atoms with E-state index in [0.717, 1.165) is 12.1 Å². The minimum absolute atomic E-state index is 0.0122. The lowest BCUT2D eigenvalue weighted by Crippen LogP contribution is -2.30. The van der Waals surface area contributed by atoms with Crippen LogP contribution in [0.5, 0.6) is 0 Å². The molecule has 0 saturated carbocycles. The van der Waals surface area contributed by atoms with Crippen molar-refractivity contribution in [3.8, 4) is 17.3 Å². The molecule has 1 atom stereocenters. The number of amides is 1. The molecule has 0 aliphatic rings. The van der Waals surface area contributed by atoms with Gasteiger partial charge in [0.05, 0.1) is 11.7 Å². The van der Waals surface area contributed by atoms with Crippen LogP contribution in [0.25, 0.3) is 11.3 Å². The fourth-order valence-corrected chi connectivity index (χ4v) is 2.54. The summed E-state index contributed by atoms with van der Waals surface area (Å²) in [7, 11) is 0. The Morgan fingerprint density at radius 2 is 2.00 bits per heavy atom. The van der Waals surface area contributed by atoms with Crippen molar-refractivity contribution in [2.24, 2.45) is 0 Å². The van der Waals surface area contributed by atoms with Crippen molar-refractivity contribution in [2.75, 3.05) is 6.54 Å². The van der Waals surface area contributed by atoms with E-state index in [0.29, 0.717) is 5.69 Å². The number of nitriles is 1. The van der Waals surface area contributed by atoms with Crippen LogP contribution in [0.3, 0.4) is 0 Å². The van der Waals surface area contributed by atoms with Gasteiger partial charge in [0.1, 0.15) is 23.3 Å². The summed E-state index contributed by atoms with van der Waals surface area (Å²) in [5.41, 5.74) is -0.168. The topological polar surface area (TPSA) is 114 Å². The molecule has 3 rings (SSSR count). The summed E-state index contributed by atoms with van der Waals surface area (Å²) < 4.78 is 33.9. The molecule has 148 valence electrons. The Bertz CT molecular complexity index is 1110. The third-order valence-corrected chi connectivity index (χ3v) is 4.16. The van der Waals surface area contributed by atoms with Crippen LogP contribution in [0.15, 0.2) is 35.0 Å². The molecular formula is C19H15F2N5O3. The number of nitrogens with zero attached hydrogens (tertiary/aromatic N) is 4. The van der Waals surface area contributed by atoms with Crippen LogP contribution < -0.4 is 5.32 Å². The van der Waals surface area contributed by atoms with Crippen LogP contribution in [0.4, 0.5) is 8.78 Å². The highest BCUT2D eigenvalue weighted by molar-refractivity contribution is 5.96. The number of ketones is 1. The molecule has 1 N–H and O–H groups in total. The maximum absolute atomic E-state index is 13.8. The zero-order chi connectivity index (χ0) is 21.1. The SMILES string of the molecule is CC(=O)c1cc(C(=O)NC[C@@H](C)n2ccc(-c3cc(F)c(C#N)c(F)c3)n2)no1. The fraction of sp³-hybridized carbons (Fsp3) is 0.211. The van der Waals surface area contributed by atoms with Gasteiger partial charge in [0.25, 0.3) is 5.91 Å². The van der Waals surface area contributed by atoms with E-state index in [2.05, 4.69) is 15.6 Å². The molecule has 8 nitrogen and oxygen atoms in total. The molecular weight excluding hydrogens is 384 g/mol. The summed E-state index contributed by atoms with van der Waals surface area (Å²) in [6.45, 7) is 3.25. The smallest absolute Gasteiger partial charge is 0.273 e. The molecule has 0 unspecified atom stereocenters. The molecule has 0 bridgehead atoms. The number of aromatic nitrogens is 3. The van der Waals surface area contributed by atoms with E-state index in [1.54, 1.807) is 19.2 Å². The summed E-state index contributed by atoms with van der Waals surface area (Å²) in [5.74, 6) is -2.80. The average molecular weight is 399 g/mol. The van der Waals surface area contributed by atoms with Crippen LogP contribution in [0.2, 0.25) is 0 Å². The van der Waals surface area contributed by atoms with E-state index in [1.807, 2.05) is 0 Å². The molecule has 0 aliphatic heterocycles. The van der Waals surface area contributed by atoms with Gasteiger partial charge >= 0.3 is 0 Å². The minimum Gasteiger partial charge on any atom is -0.352 e. The Morgan fingerprint density at radius 3 is 2.59 bits per heavy atom. The van der Waals surface area contributed by atoms with Gasteiger partial charge in [0.15, 0.2) is 11.5 Å². The lowest BCUT2D eigenvalue weighted by molar-refractivity contribution is 0.0933. The fourth-order valence-electron chi connectivity index (χ4n) is 2.54. The van der Waals surface area contributed by atoms with Crippen LogP contribution in [-0.2, 0) is 0 Å². The quantitative estimate of drug-likeness (QED) is 0.638. The highest BCUT2D eigenvalue weighted by atomic mass is 19.1. The first-order chi connectivity index (χ1) is 13.8. The third-order valence-electron chi connectivity index (χ3n) is 4.16. The number of carbonyl (C=O) groups is 2. The van der Waals surface area contributed by atoms with Crippen molar-refractivity contribution < 1.29 is 22.9 Å². The van der Waals surface area contributed by atoms with E-state index in [4.69, 9.17) is 9.78 Å². The molecule has 0 saturated heterocycles. The second-order valence-corrected chi connectivity index (χ2v) is 6.30. The lowest BCUT2D eigenvalue weighted by Gasteiger charge is -2.12. The highest BCUT2D eigenvalue weighted by Gasteiger charge is 2.17. The van der Waals surface area contributed by atoms with Crippen molar-refractivity contribution in [1.82, 2.24) is 20.3 Å². The maximum Gasteiger partial charge on any atom is 0.273 e. The Labute approximate surface area is 163 Å². The molecule has 3 aromatic rings. The molecule has 10 heteroatoms. The van der Waals surface area contributed by atoms with Gasteiger partial charge < -0.3 is 9.84 Å². The number of rotatable bonds is 6. The van der Waals surface area contributed by atoms with Gasteiger partial charge in [-0.05, 0) is 25.1 Å². The summed E-state index contributed by atoms with van der Waals surface area (Å²) in [5, 5.41) is 19.2. The van der Waals surface area contributed by atoms with E-state index >= 15 is 0 Å². The Kier molecular flexibility index (Phi) is 5.50. The predicted molar refractivity (Wildman–Crippen MR) is 95.8 cm³/mol. The maximum atomic E-state index is 13.8. The summed E-state index contributed by atoms with van der Waals surface area (Å²) in [6, 6.07) is 6.07. The summed E-state index contributed by atoms with van der Waals surface area (Å²) in [4.78, 5) is 23.3. The lowest BCUT2D eigenvalue weighted by atomic mass is 10.1. The average Bonchev–Trinajstić information content (AvgIpc) is 3.35. The number of nitrogens with one attached hydrogen (secondary N) is 1. The first-order valence-electron chi connectivity index (χ1n) is 8.50. The predicted octanol–water partition coefficient (Wildman–Crippen LogP) is 2.88. The van der Waals surface area contributed by atoms with Crippen LogP contribution >= 0.6 is 0 Å². The zero-order valence-corrected chi connectivity index (χ0v) is 15.4. The van der Waals surface area contributed by atoms with E-state index in [9.17, 15) is 18.4 Å². The van der Waals surface area contributed by atoms with Gasteiger partial charge in [0, 0.05) is 31.3 Å². The van der Waals surface area contributed by atoms with E-state index < -0.39 is 23.1 Å². The number of hydrogen-bond donors (Lipinski definition) is 1. The molecule has 0 radical (unpaired) electrons. The van der Waals surface area contributed by atoms with Crippen LogP contribution in [0, 0.1) is 23.0 Å². The molecule has 29 heavy (non-hydrogen) atoms. The zero-order valence-electron chi connectivity index (χ0n) is 15.4. The molecule has 1 aromatic carbocycles. The molecule has 0 aliphatic carbocycles. The Balaban J connectivity index is 1.68.